The molecule has 2 aromatic heterocycles. The van der Waals surface area contributed by atoms with Gasteiger partial charge < -0.3 is 0 Å². The monoisotopic (exact) mass is 366 g/mol. The van der Waals surface area contributed by atoms with Gasteiger partial charge in [0.1, 0.15) is 0 Å². The van der Waals surface area contributed by atoms with E-state index in [1.807, 2.05) is 60.6 Å². The first kappa shape index (κ1) is 19.0. The van der Waals surface area contributed by atoms with Crippen molar-refractivity contribution in [2.45, 2.75) is 54.6 Å². The number of carbonyl (C=O) groups is 2. The molecule has 2 aromatic rings. The first-order chi connectivity index (χ1) is 12.5. The number of aryl methyl sites for hydroxylation is 4. The molecule has 0 unspecified atom stereocenters. The molecule has 0 saturated carbocycles. The third-order valence-electron chi connectivity index (χ3n) is 4.73. The molecule has 3 rings (SSSR count). The summed E-state index contributed by atoms with van der Waals surface area (Å²) in [5, 5.41) is 9.18. The summed E-state index contributed by atoms with van der Waals surface area (Å²) in [6.45, 7) is 13.5. The van der Waals surface area contributed by atoms with Crippen LogP contribution in [0.1, 0.15) is 49.7 Å². The van der Waals surface area contributed by atoms with Gasteiger partial charge in [0.25, 0.3) is 0 Å². The zero-order valence-corrected chi connectivity index (χ0v) is 17.0. The van der Waals surface area contributed by atoms with Gasteiger partial charge in [0.2, 0.25) is 0 Å². The standard InChI is InChI=1S/C21H26N4O2/c1-12-8-14(3)24(22-12)20(25-15(4)9-13(2)23-25)17-10-16(26)11-18(19(17)27)21(5,6)7/h8-11,20H,1-7H3. The van der Waals surface area contributed by atoms with Crippen molar-refractivity contribution < 1.29 is 9.59 Å². The number of allylic oxidation sites excluding steroid dienone is 4. The second-order valence-corrected chi connectivity index (χ2v) is 8.26. The van der Waals surface area contributed by atoms with Gasteiger partial charge in [0.05, 0.1) is 11.4 Å². The highest BCUT2D eigenvalue weighted by atomic mass is 16.1. The largest absolute Gasteiger partial charge is 0.290 e. The number of carbonyl (C=O) groups excluding carboxylic acids is 2. The lowest BCUT2D eigenvalue weighted by atomic mass is 9.78. The minimum Gasteiger partial charge on any atom is -0.290 e. The average Bonchev–Trinajstić information content (AvgIpc) is 3.03. The Labute approximate surface area is 159 Å². The molecule has 0 atom stereocenters. The van der Waals surface area contributed by atoms with Gasteiger partial charge in [0, 0.05) is 22.5 Å². The van der Waals surface area contributed by atoms with E-state index >= 15 is 0 Å². The smallest absolute Gasteiger partial charge is 0.189 e. The van der Waals surface area contributed by atoms with Crippen LogP contribution >= 0.6 is 0 Å². The van der Waals surface area contributed by atoms with E-state index in [-0.39, 0.29) is 11.6 Å². The maximum atomic E-state index is 13.4. The van der Waals surface area contributed by atoms with Crippen LogP contribution in [-0.4, -0.2) is 31.1 Å². The fourth-order valence-corrected chi connectivity index (χ4v) is 3.53. The van der Waals surface area contributed by atoms with Gasteiger partial charge in [0.15, 0.2) is 17.7 Å². The summed E-state index contributed by atoms with van der Waals surface area (Å²) < 4.78 is 3.55. The normalized spacial score (nSPS) is 15.4. The lowest BCUT2D eigenvalue weighted by molar-refractivity contribution is -0.116. The van der Waals surface area contributed by atoms with E-state index < -0.39 is 11.6 Å². The summed E-state index contributed by atoms with van der Waals surface area (Å²) in [4.78, 5) is 25.8. The van der Waals surface area contributed by atoms with Crippen LogP contribution in [0.2, 0.25) is 0 Å². The molecule has 0 amide bonds. The van der Waals surface area contributed by atoms with E-state index in [2.05, 4.69) is 10.2 Å². The number of Topliss-reactive ketones (excluding diaryl/α,β-unsaturated/α-hetero) is 1. The van der Waals surface area contributed by atoms with E-state index in [0.29, 0.717) is 11.1 Å². The van der Waals surface area contributed by atoms with Gasteiger partial charge in [-0.1, -0.05) is 20.8 Å². The van der Waals surface area contributed by atoms with Crippen molar-refractivity contribution in [3.8, 4) is 0 Å². The van der Waals surface area contributed by atoms with Crippen molar-refractivity contribution in [3.05, 3.63) is 58.2 Å². The molecule has 1 aliphatic carbocycles. The van der Waals surface area contributed by atoms with Crippen LogP contribution in [0.4, 0.5) is 0 Å². The second kappa shape index (κ2) is 6.44. The van der Waals surface area contributed by atoms with Crippen LogP contribution in [0, 0.1) is 33.1 Å². The van der Waals surface area contributed by atoms with Crippen LogP contribution in [0.3, 0.4) is 0 Å². The quantitative estimate of drug-likeness (QED) is 0.781. The summed E-state index contributed by atoms with van der Waals surface area (Å²) in [5.41, 5.74) is 3.97. The summed E-state index contributed by atoms with van der Waals surface area (Å²) in [5.74, 6) is -0.310. The Balaban J connectivity index is 2.23. The Morgan fingerprint density at radius 2 is 1.33 bits per heavy atom. The number of ketones is 2. The maximum absolute atomic E-state index is 13.4. The molecule has 6 nitrogen and oxygen atoms in total. The molecule has 0 radical (unpaired) electrons. The van der Waals surface area contributed by atoms with E-state index in [1.165, 1.54) is 12.2 Å². The van der Waals surface area contributed by atoms with Crippen LogP contribution < -0.4 is 0 Å². The lowest BCUT2D eigenvalue weighted by Gasteiger charge is -2.29. The molecule has 0 aromatic carbocycles. The highest BCUT2D eigenvalue weighted by Crippen LogP contribution is 2.35. The minimum absolute atomic E-state index is 0.132. The number of hydrogen-bond acceptors (Lipinski definition) is 4. The van der Waals surface area contributed by atoms with Crippen LogP contribution in [0.5, 0.6) is 0 Å². The van der Waals surface area contributed by atoms with Crippen molar-refractivity contribution in [3.63, 3.8) is 0 Å². The Morgan fingerprint density at radius 3 is 1.70 bits per heavy atom. The van der Waals surface area contributed by atoms with Gasteiger partial charge in [-0.05, 0) is 57.4 Å². The van der Waals surface area contributed by atoms with Crippen molar-refractivity contribution in [1.82, 2.24) is 19.6 Å². The summed E-state index contributed by atoms with van der Waals surface area (Å²) in [6.07, 6.45) is 2.27. The van der Waals surface area contributed by atoms with Gasteiger partial charge in [-0.25, -0.2) is 9.36 Å². The third-order valence-corrected chi connectivity index (χ3v) is 4.73. The molecule has 0 aliphatic heterocycles. The van der Waals surface area contributed by atoms with Gasteiger partial charge in [-0.3, -0.25) is 9.59 Å². The number of rotatable bonds is 3. The molecule has 27 heavy (non-hydrogen) atoms. The molecule has 6 heteroatoms. The second-order valence-electron chi connectivity index (χ2n) is 8.26. The summed E-state index contributed by atoms with van der Waals surface area (Å²) in [6, 6.07) is 3.91. The van der Waals surface area contributed by atoms with Crippen molar-refractivity contribution in [2.75, 3.05) is 0 Å². The number of nitrogens with zero attached hydrogens (tertiary/aromatic N) is 4. The van der Waals surface area contributed by atoms with E-state index in [0.717, 1.165) is 22.8 Å². The summed E-state index contributed by atoms with van der Waals surface area (Å²) >= 11 is 0. The predicted molar refractivity (Wildman–Crippen MR) is 103 cm³/mol. The fourth-order valence-electron chi connectivity index (χ4n) is 3.53. The highest BCUT2D eigenvalue weighted by Gasteiger charge is 2.36. The average molecular weight is 366 g/mol. The molecule has 0 saturated heterocycles. The molecule has 0 spiro atoms. The maximum Gasteiger partial charge on any atom is 0.189 e. The van der Waals surface area contributed by atoms with Crippen LogP contribution in [-0.2, 0) is 9.59 Å². The molecule has 1 aliphatic rings. The van der Waals surface area contributed by atoms with Gasteiger partial charge in [-0.15, -0.1) is 0 Å². The zero-order valence-electron chi connectivity index (χ0n) is 17.0. The third kappa shape index (κ3) is 3.44. The lowest BCUT2D eigenvalue weighted by Crippen LogP contribution is -2.33. The predicted octanol–water partition coefficient (Wildman–Crippen LogP) is 3.41. The SMILES string of the molecule is Cc1cc(C)n(C(C2=CC(=O)C=C(C(C)(C)C)C2=O)n2nc(C)cc2C)n1. The molecule has 0 bridgehead atoms. The fraction of sp³-hybridized carbons (Fsp3) is 0.429. The van der Waals surface area contributed by atoms with Gasteiger partial charge >= 0.3 is 0 Å². The van der Waals surface area contributed by atoms with Crippen molar-refractivity contribution in [1.29, 1.82) is 0 Å². The molecule has 0 N–H and O–H groups in total. The van der Waals surface area contributed by atoms with Crippen LogP contribution in [0.25, 0.3) is 0 Å². The number of aromatic nitrogens is 4. The first-order valence-electron chi connectivity index (χ1n) is 9.07. The topological polar surface area (TPSA) is 69.8 Å². The summed E-state index contributed by atoms with van der Waals surface area (Å²) in [7, 11) is 0. The van der Waals surface area contributed by atoms with Crippen molar-refractivity contribution >= 4 is 11.6 Å². The molecular weight excluding hydrogens is 340 g/mol. The Kier molecular flexibility index (Phi) is 4.54. The highest BCUT2D eigenvalue weighted by molar-refractivity contribution is 6.21. The molecule has 2 heterocycles. The Bertz CT molecular complexity index is 950. The Morgan fingerprint density at radius 1 is 0.852 bits per heavy atom. The minimum atomic E-state index is -0.602. The first-order valence-corrected chi connectivity index (χ1v) is 9.07. The molecular formula is C21H26N4O2. The number of hydrogen-bond donors (Lipinski definition) is 0. The Hall–Kier alpha value is -2.76. The molecule has 142 valence electrons. The van der Waals surface area contributed by atoms with Crippen molar-refractivity contribution in [2.24, 2.45) is 5.41 Å². The van der Waals surface area contributed by atoms with E-state index in [1.54, 1.807) is 9.36 Å². The van der Waals surface area contributed by atoms with E-state index in [4.69, 9.17) is 0 Å². The van der Waals surface area contributed by atoms with E-state index in [9.17, 15) is 9.59 Å². The van der Waals surface area contributed by atoms with Gasteiger partial charge in [-0.2, -0.15) is 10.2 Å². The zero-order chi connectivity index (χ0) is 20.1. The van der Waals surface area contributed by atoms with Crippen LogP contribution in [0.15, 0.2) is 35.4 Å². The molecule has 0 fully saturated rings.